The van der Waals surface area contributed by atoms with Gasteiger partial charge in [-0.15, -0.1) is 12.4 Å². The van der Waals surface area contributed by atoms with Crippen molar-refractivity contribution in [1.82, 2.24) is 5.32 Å². The first-order chi connectivity index (χ1) is 10.8. The summed E-state index contributed by atoms with van der Waals surface area (Å²) in [5.41, 5.74) is 3.12. The van der Waals surface area contributed by atoms with Crippen LogP contribution in [0.2, 0.25) is 0 Å². The van der Waals surface area contributed by atoms with Crippen LogP contribution >= 0.6 is 12.4 Å². The Kier molecular flexibility index (Phi) is 8.98. The fourth-order valence-corrected chi connectivity index (χ4v) is 2.13. The Labute approximate surface area is 143 Å². The van der Waals surface area contributed by atoms with Crippen molar-refractivity contribution >= 4 is 24.0 Å². The van der Waals surface area contributed by atoms with Gasteiger partial charge in [0.1, 0.15) is 0 Å². The molecular formula is C18H23ClN2O2. The van der Waals surface area contributed by atoms with Gasteiger partial charge in [0.15, 0.2) is 0 Å². The molecule has 0 aliphatic rings. The van der Waals surface area contributed by atoms with E-state index in [4.69, 9.17) is 4.74 Å². The van der Waals surface area contributed by atoms with Gasteiger partial charge in [-0.2, -0.15) is 0 Å². The largest absolute Gasteiger partial charge is 0.376 e. The fraction of sp³-hybridized carbons (Fsp3) is 0.278. The molecule has 4 nitrogen and oxygen atoms in total. The summed E-state index contributed by atoms with van der Waals surface area (Å²) in [6.45, 7) is 1.53. The van der Waals surface area contributed by atoms with Crippen LogP contribution in [0.25, 0.3) is 0 Å². The lowest BCUT2D eigenvalue weighted by Gasteiger charge is -2.08. The molecule has 124 valence electrons. The zero-order valence-corrected chi connectivity index (χ0v) is 14.1. The van der Waals surface area contributed by atoms with Crippen LogP contribution in [0.5, 0.6) is 0 Å². The van der Waals surface area contributed by atoms with Crippen molar-refractivity contribution in [2.75, 3.05) is 25.5 Å². The molecular weight excluding hydrogens is 312 g/mol. The lowest BCUT2D eigenvalue weighted by atomic mass is 10.2. The number of likely N-dealkylation sites (N-methyl/N-ethyl adjacent to an activating group) is 1. The van der Waals surface area contributed by atoms with Crippen molar-refractivity contribution in [2.45, 2.75) is 13.0 Å². The normalized spacial score (nSPS) is 9.96. The molecule has 2 N–H and O–H groups in total. The highest BCUT2D eigenvalue weighted by atomic mass is 35.5. The van der Waals surface area contributed by atoms with Crippen molar-refractivity contribution in [3.05, 3.63) is 65.7 Å². The van der Waals surface area contributed by atoms with Crippen LogP contribution in [-0.4, -0.2) is 26.1 Å². The van der Waals surface area contributed by atoms with E-state index in [1.165, 1.54) is 5.56 Å². The first-order valence-electron chi connectivity index (χ1n) is 7.43. The van der Waals surface area contributed by atoms with Gasteiger partial charge in [-0.3, -0.25) is 4.79 Å². The van der Waals surface area contributed by atoms with Gasteiger partial charge in [0.05, 0.1) is 19.8 Å². The number of hydrogen-bond acceptors (Lipinski definition) is 3. The minimum Gasteiger partial charge on any atom is -0.376 e. The predicted molar refractivity (Wildman–Crippen MR) is 96.0 cm³/mol. The highest BCUT2D eigenvalue weighted by molar-refractivity contribution is 5.92. The van der Waals surface area contributed by atoms with Gasteiger partial charge < -0.3 is 15.4 Å². The average molecular weight is 335 g/mol. The predicted octanol–water partition coefficient (Wildman–Crippen LogP) is 3.03. The number of amides is 1. The molecule has 2 aromatic carbocycles. The van der Waals surface area contributed by atoms with E-state index in [9.17, 15) is 4.79 Å². The molecule has 0 aliphatic heterocycles. The van der Waals surface area contributed by atoms with Crippen LogP contribution in [0.3, 0.4) is 0 Å². The molecule has 0 unspecified atom stereocenters. The van der Waals surface area contributed by atoms with E-state index in [0.717, 1.165) is 17.7 Å². The molecule has 0 radical (unpaired) electrons. The standard InChI is InChI=1S/C18H22N2O2.ClH/c1-19-13-18(21)20-17-9-5-8-16(12-17)14-22-11-10-15-6-3-2-4-7-15;/h2-9,12,19H,10-11,13-14H2,1H3,(H,20,21);1H. The summed E-state index contributed by atoms with van der Waals surface area (Å²) in [5.74, 6) is -0.0513. The molecule has 0 aromatic heterocycles. The molecule has 0 bridgehead atoms. The maximum absolute atomic E-state index is 11.5. The van der Waals surface area contributed by atoms with E-state index in [1.54, 1.807) is 7.05 Å². The Morgan fingerprint density at radius 1 is 1.04 bits per heavy atom. The van der Waals surface area contributed by atoms with Gasteiger partial charge >= 0.3 is 0 Å². The van der Waals surface area contributed by atoms with Crippen LogP contribution in [0, 0.1) is 0 Å². The molecule has 2 aromatic rings. The summed E-state index contributed by atoms with van der Waals surface area (Å²) in [4.78, 5) is 11.5. The topological polar surface area (TPSA) is 50.4 Å². The van der Waals surface area contributed by atoms with Gasteiger partial charge in [-0.1, -0.05) is 42.5 Å². The van der Waals surface area contributed by atoms with E-state index in [2.05, 4.69) is 22.8 Å². The molecule has 2 rings (SSSR count). The Hall–Kier alpha value is -1.88. The van der Waals surface area contributed by atoms with Crippen LogP contribution in [-0.2, 0) is 22.6 Å². The van der Waals surface area contributed by atoms with Gasteiger partial charge in [-0.25, -0.2) is 0 Å². The number of carbonyl (C=O) groups excluding carboxylic acids is 1. The fourth-order valence-electron chi connectivity index (χ4n) is 2.13. The highest BCUT2D eigenvalue weighted by Gasteiger charge is 2.01. The van der Waals surface area contributed by atoms with Gasteiger partial charge in [0.25, 0.3) is 0 Å². The minimum atomic E-state index is -0.0513. The number of carbonyl (C=O) groups is 1. The van der Waals surface area contributed by atoms with E-state index < -0.39 is 0 Å². The number of ether oxygens (including phenoxy) is 1. The van der Waals surface area contributed by atoms with Crippen LogP contribution in [0.1, 0.15) is 11.1 Å². The number of hydrogen-bond donors (Lipinski definition) is 2. The molecule has 0 spiro atoms. The molecule has 5 heteroatoms. The Morgan fingerprint density at radius 3 is 2.52 bits per heavy atom. The highest BCUT2D eigenvalue weighted by Crippen LogP contribution is 2.11. The minimum absolute atomic E-state index is 0. The summed E-state index contributed by atoms with van der Waals surface area (Å²) >= 11 is 0. The van der Waals surface area contributed by atoms with Crippen molar-refractivity contribution in [1.29, 1.82) is 0 Å². The maximum Gasteiger partial charge on any atom is 0.238 e. The van der Waals surface area contributed by atoms with E-state index in [0.29, 0.717) is 19.8 Å². The third-order valence-corrected chi connectivity index (χ3v) is 3.19. The lowest BCUT2D eigenvalue weighted by molar-refractivity contribution is -0.115. The second-order valence-electron chi connectivity index (χ2n) is 5.07. The molecule has 0 saturated carbocycles. The van der Waals surface area contributed by atoms with Crippen molar-refractivity contribution in [2.24, 2.45) is 0 Å². The van der Waals surface area contributed by atoms with Gasteiger partial charge in [0, 0.05) is 5.69 Å². The van der Waals surface area contributed by atoms with E-state index in [-0.39, 0.29) is 18.3 Å². The second-order valence-corrected chi connectivity index (χ2v) is 5.07. The van der Waals surface area contributed by atoms with Gasteiger partial charge in [0.2, 0.25) is 5.91 Å². The summed E-state index contributed by atoms with van der Waals surface area (Å²) in [6.07, 6.45) is 0.902. The first kappa shape index (κ1) is 19.2. The molecule has 0 atom stereocenters. The van der Waals surface area contributed by atoms with E-state index >= 15 is 0 Å². The molecule has 0 aliphatic carbocycles. The number of halogens is 1. The number of anilines is 1. The zero-order chi connectivity index (χ0) is 15.6. The monoisotopic (exact) mass is 334 g/mol. The van der Waals surface area contributed by atoms with Gasteiger partial charge in [-0.05, 0) is 36.7 Å². The molecule has 1 amide bonds. The maximum atomic E-state index is 11.5. The number of nitrogens with one attached hydrogen (secondary N) is 2. The second kappa shape index (κ2) is 10.8. The quantitative estimate of drug-likeness (QED) is 0.730. The van der Waals surface area contributed by atoms with Crippen LogP contribution in [0.15, 0.2) is 54.6 Å². The zero-order valence-electron chi connectivity index (χ0n) is 13.2. The molecule has 0 fully saturated rings. The summed E-state index contributed by atoms with van der Waals surface area (Å²) in [7, 11) is 1.75. The number of benzene rings is 2. The van der Waals surface area contributed by atoms with Crippen LogP contribution < -0.4 is 10.6 Å². The Balaban J connectivity index is 0.00000264. The molecule has 23 heavy (non-hydrogen) atoms. The Morgan fingerprint density at radius 2 is 1.78 bits per heavy atom. The van der Waals surface area contributed by atoms with Crippen LogP contribution in [0.4, 0.5) is 5.69 Å². The molecule has 0 saturated heterocycles. The third-order valence-electron chi connectivity index (χ3n) is 3.19. The SMILES string of the molecule is CNCC(=O)Nc1cccc(COCCc2ccccc2)c1.Cl. The van der Waals surface area contributed by atoms with Crippen molar-refractivity contribution in [3.63, 3.8) is 0 Å². The van der Waals surface area contributed by atoms with Crippen molar-refractivity contribution < 1.29 is 9.53 Å². The summed E-state index contributed by atoms with van der Waals surface area (Å²) in [6, 6.07) is 18.0. The first-order valence-corrected chi connectivity index (χ1v) is 7.43. The number of rotatable bonds is 8. The van der Waals surface area contributed by atoms with Crippen molar-refractivity contribution in [3.8, 4) is 0 Å². The summed E-state index contributed by atoms with van der Waals surface area (Å²) in [5, 5.41) is 5.67. The molecule has 0 heterocycles. The smallest absolute Gasteiger partial charge is 0.238 e. The third kappa shape index (κ3) is 7.28. The lowest BCUT2D eigenvalue weighted by Crippen LogP contribution is -2.25. The van der Waals surface area contributed by atoms with E-state index in [1.807, 2.05) is 42.5 Å². The average Bonchev–Trinajstić information content (AvgIpc) is 2.53. The summed E-state index contributed by atoms with van der Waals surface area (Å²) < 4.78 is 5.71. The Bertz CT molecular complexity index is 591.